The van der Waals surface area contributed by atoms with Crippen LogP contribution in [0.25, 0.3) is 10.9 Å². The molecule has 0 unspecified atom stereocenters. The summed E-state index contributed by atoms with van der Waals surface area (Å²) in [5.74, 6) is 0.477. The van der Waals surface area contributed by atoms with Gasteiger partial charge in [-0.25, -0.2) is 0 Å². The molecule has 5 nitrogen and oxygen atoms in total. The largest absolute Gasteiger partial charge is 0.463 e. The number of likely N-dealkylation sites (tertiary alicyclic amines) is 1. The maximum atomic E-state index is 5.92. The highest BCUT2D eigenvalue weighted by Crippen LogP contribution is 2.19. The van der Waals surface area contributed by atoms with Gasteiger partial charge in [0, 0.05) is 11.9 Å². The Labute approximate surface area is 118 Å². The van der Waals surface area contributed by atoms with Crippen molar-refractivity contribution in [3.63, 3.8) is 0 Å². The third kappa shape index (κ3) is 2.99. The molecule has 0 radical (unpaired) electrons. The summed E-state index contributed by atoms with van der Waals surface area (Å²) in [6.45, 7) is 4.16. The molecule has 0 saturated carbocycles. The van der Waals surface area contributed by atoms with E-state index in [2.05, 4.69) is 14.9 Å². The van der Waals surface area contributed by atoms with Crippen LogP contribution in [0.3, 0.4) is 0 Å². The number of hydrogen-bond acceptors (Lipinski definition) is 5. The molecule has 1 aromatic heterocycles. The first kappa shape index (κ1) is 13.1. The van der Waals surface area contributed by atoms with E-state index in [0.717, 1.165) is 23.9 Å². The first-order valence-corrected chi connectivity index (χ1v) is 7.20. The molecule has 0 spiro atoms. The smallest absolute Gasteiger partial charge is 0.318 e. The quantitative estimate of drug-likeness (QED) is 0.844. The third-order valence-electron chi connectivity index (χ3n) is 3.66. The van der Waals surface area contributed by atoms with Crippen molar-refractivity contribution in [2.75, 3.05) is 32.0 Å². The lowest BCUT2D eigenvalue weighted by Gasteiger charge is -2.14. The second-order valence-electron chi connectivity index (χ2n) is 5.16. The Morgan fingerprint density at radius 1 is 1.15 bits per heavy atom. The Balaban J connectivity index is 1.57. The molecule has 1 fully saturated rings. The first-order chi connectivity index (χ1) is 9.83. The van der Waals surface area contributed by atoms with Crippen LogP contribution in [0.5, 0.6) is 6.01 Å². The van der Waals surface area contributed by atoms with E-state index in [1.54, 1.807) is 0 Å². The number of nitrogen functional groups attached to an aromatic ring is 1. The number of rotatable bonds is 5. The van der Waals surface area contributed by atoms with Crippen molar-refractivity contribution in [2.45, 2.75) is 19.3 Å². The third-order valence-corrected chi connectivity index (χ3v) is 3.66. The monoisotopic (exact) mass is 272 g/mol. The van der Waals surface area contributed by atoms with Crippen molar-refractivity contribution in [2.24, 2.45) is 0 Å². The molecule has 0 bridgehead atoms. The van der Waals surface area contributed by atoms with Gasteiger partial charge in [-0.1, -0.05) is 12.1 Å². The number of anilines is 1. The molecule has 1 aliphatic heterocycles. The second kappa shape index (κ2) is 6.05. The first-order valence-electron chi connectivity index (χ1n) is 7.20. The normalized spacial score (nSPS) is 15.8. The molecule has 20 heavy (non-hydrogen) atoms. The number of nitrogens with zero attached hydrogens (tertiary/aromatic N) is 3. The van der Waals surface area contributed by atoms with Gasteiger partial charge in [0.1, 0.15) is 5.82 Å². The standard InChI is InChI=1S/C15H20N4O/c16-14-12-6-1-2-7-13(12)17-15(18-14)20-11-5-10-19-8-3-4-9-19/h1-2,6-7H,3-5,8-11H2,(H2,16,17,18). The molecule has 3 rings (SSSR count). The van der Waals surface area contributed by atoms with Crippen molar-refractivity contribution >= 4 is 16.7 Å². The summed E-state index contributed by atoms with van der Waals surface area (Å²) >= 11 is 0. The summed E-state index contributed by atoms with van der Waals surface area (Å²) in [6.07, 6.45) is 3.65. The Hall–Kier alpha value is -1.88. The van der Waals surface area contributed by atoms with Crippen LogP contribution in [0.15, 0.2) is 24.3 Å². The topological polar surface area (TPSA) is 64.3 Å². The van der Waals surface area contributed by atoms with Gasteiger partial charge < -0.3 is 15.4 Å². The fourth-order valence-electron chi connectivity index (χ4n) is 2.60. The second-order valence-corrected chi connectivity index (χ2v) is 5.16. The molecular weight excluding hydrogens is 252 g/mol. The number of hydrogen-bond donors (Lipinski definition) is 1. The van der Waals surface area contributed by atoms with Gasteiger partial charge in [0.25, 0.3) is 0 Å². The number of benzene rings is 1. The highest BCUT2D eigenvalue weighted by molar-refractivity contribution is 5.87. The van der Waals surface area contributed by atoms with E-state index in [9.17, 15) is 0 Å². The molecule has 2 N–H and O–H groups in total. The van der Waals surface area contributed by atoms with Crippen molar-refractivity contribution in [3.8, 4) is 6.01 Å². The summed E-state index contributed by atoms with van der Waals surface area (Å²) in [6, 6.07) is 8.08. The fourth-order valence-corrected chi connectivity index (χ4v) is 2.60. The predicted octanol–water partition coefficient (Wildman–Crippen LogP) is 2.08. The molecule has 1 saturated heterocycles. The summed E-state index contributed by atoms with van der Waals surface area (Å²) < 4.78 is 5.63. The molecular formula is C15H20N4O. The van der Waals surface area contributed by atoms with Crippen LogP contribution >= 0.6 is 0 Å². The molecule has 106 valence electrons. The molecule has 0 aliphatic carbocycles. The minimum absolute atomic E-state index is 0.377. The highest BCUT2D eigenvalue weighted by Gasteiger charge is 2.11. The van der Waals surface area contributed by atoms with Crippen LogP contribution < -0.4 is 10.5 Å². The fraction of sp³-hybridized carbons (Fsp3) is 0.467. The van der Waals surface area contributed by atoms with E-state index in [0.29, 0.717) is 18.4 Å². The zero-order valence-electron chi connectivity index (χ0n) is 11.6. The van der Waals surface area contributed by atoms with Crippen LogP contribution in [-0.4, -0.2) is 41.1 Å². The number of nitrogens with two attached hydrogens (primary N) is 1. The molecule has 0 atom stereocenters. The summed E-state index contributed by atoms with van der Waals surface area (Å²) in [5, 5.41) is 0.872. The number of aromatic nitrogens is 2. The molecule has 1 aliphatic rings. The summed E-state index contributed by atoms with van der Waals surface area (Å²) in [5.41, 5.74) is 6.75. The van der Waals surface area contributed by atoms with Gasteiger partial charge in [0.15, 0.2) is 0 Å². The van der Waals surface area contributed by atoms with E-state index in [1.165, 1.54) is 25.9 Å². The van der Waals surface area contributed by atoms with Gasteiger partial charge in [-0.2, -0.15) is 9.97 Å². The highest BCUT2D eigenvalue weighted by atomic mass is 16.5. The van der Waals surface area contributed by atoms with Crippen molar-refractivity contribution in [3.05, 3.63) is 24.3 Å². The Morgan fingerprint density at radius 3 is 2.80 bits per heavy atom. The average molecular weight is 272 g/mol. The summed E-state index contributed by atoms with van der Waals surface area (Å²) in [4.78, 5) is 11.1. The van der Waals surface area contributed by atoms with Crippen LogP contribution in [0, 0.1) is 0 Å². The van der Waals surface area contributed by atoms with Gasteiger partial charge in [-0.3, -0.25) is 0 Å². The lowest BCUT2D eigenvalue weighted by Crippen LogP contribution is -2.22. The van der Waals surface area contributed by atoms with Gasteiger partial charge in [-0.05, 0) is 44.5 Å². The van der Waals surface area contributed by atoms with Gasteiger partial charge in [-0.15, -0.1) is 0 Å². The van der Waals surface area contributed by atoms with E-state index >= 15 is 0 Å². The molecule has 2 aromatic rings. The van der Waals surface area contributed by atoms with Crippen LogP contribution in [0.4, 0.5) is 5.82 Å². The molecule has 5 heteroatoms. The van der Waals surface area contributed by atoms with Crippen molar-refractivity contribution in [1.82, 2.24) is 14.9 Å². The van der Waals surface area contributed by atoms with Crippen LogP contribution in [0.1, 0.15) is 19.3 Å². The van der Waals surface area contributed by atoms with Crippen LogP contribution in [-0.2, 0) is 0 Å². The Morgan fingerprint density at radius 2 is 1.95 bits per heavy atom. The predicted molar refractivity (Wildman–Crippen MR) is 79.7 cm³/mol. The molecule has 2 heterocycles. The maximum Gasteiger partial charge on any atom is 0.318 e. The lowest BCUT2D eigenvalue weighted by atomic mass is 10.2. The lowest BCUT2D eigenvalue weighted by molar-refractivity contribution is 0.251. The minimum Gasteiger partial charge on any atom is -0.463 e. The maximum absolute atomic E-state index is 5.92. The number of fused-ring (bicyclic) bond motifs is 1. The van der Waals surface area contributed by atoms with E-state index in [-0.39, 0.29) is 0 Å². The number of para-hydroxylation sites is 1. The number of ether oxygens (including phenoxy) is 1. The SMILES string of the molecule is Nc1nc(OCCCN2CCCC2)nc2ccccc12. The zero-order chi connectivity index (χ0) is 13.8. The summed E-state index contributed by atoms with van der Waals surface area (Å²) in [7, 11) is 0. The minimum atomic E-state index is 0.377. The van der Waals surface area contributed by atoms with Crippen LogP contribution in [0.2, 0.25) is 0 Å². The molecule has 1 aromatic carbocycles. The van der Waals surface area contributed by atoms with Crippen molar-refractivity contribution < 1.29 is 4.74 Å². The average Bonchev–Trinajstić information content (AvgIpc) is 2.97. The Kier molecular flexibility index (Phi) is 3.97. The molecule has 0 amide bonds. The Bertz CT molecular complexity index is 581. The van der Waals surface area contributed by atoms with E-state index in [1.807, 2.05) is 24.3 Å². The van der Waals surface area contributed by atoms with E-state index in [4.69, 9.17) is 10.5 Å². The van der Waals surface area contributed by atoms with Gasteiger partial charge >= 0.3 is 6.01 Å². The van der Waals surface area contributed by atoms with Gasteiger partial charge in [0.2, 0.25) is 0 Å². The van der Waals surface area contributed by atoms with Gasteiger partial charge in [0.05, 0.1) is 12.1 Å². The zero-order valence-corrected chi connectivity index (χ0v) is 11.6. The van der Waals surface area contributed by atoms with E-state index < -0.39 is 0 Å². The van der Waals surface area contributed by atoms with Crippen molar-refractivity contribution in [1.29, 1.82) is 0 Å².